The van der Waals surface area contributed by atoms with Gasteiger partial charge in [-0.3, -0.25) is 4.72 Å². The van der Waals surface area contributed by atoms with Gasteiger partial charge in [0.2, 0.25) is 10.0 Å². The zero-order valence-electron chi connectivity index (χ0n) is 8.21. The van der Waals surface area contributed by atoms with Crippen LogP contribution in [0.3, 0.4) is 0 Å². The molecule has 0 aliphatic rings. The third-order valence-electron chi connectivity index (χ3n) is 1.77. The first kappa shape index (κ1) is 12.0. The molecule has 0 fully saturated rings. The molecule has 6 heteroatoms. The van der Waals surface area contributed by atoms with E-state index in [1.54, 1.807) is 12.1 Å². The maximum Gasteiger partial charge on any atom is 0.229 e. The quantitative estimate of drug-likeness (QED) is 0.685. The number of rotatable bonds is 4. The maximum atomic E-state index is 10.9. The summed E-state index contributed by atoms with van der Waals surface area (Å²) in [7, 11) is -3.28. The first-order valence-electron chi connectivity index (χ1n) is 4.29. The van der Waals surface area contributed by atoms with Gasteiger partial charge in [-0.1, -0.05) is 12.1 Å². The summed E-state index contributed by atoms with van der Waals surface area (Å²) in [6.07, 6.45) is 0.126. The Morgan fingerprint density at radius 1 is 1.33 bits per heavy atom. The average molecular weight is 231 g/mol. The predicted molar refractivity (Wildman–Crippen MR) is 57.0 cm³/mol. The lowest BCUT2D eigenvalue weighted by Crippen LogP contribution is -2.09. The Kier molecular flexibility index (Phi) is 3.67. The molecule has 0 radical (unpaired) electrons. The number of aliphatic hydroxyl groups is 2. The molecule has 84 valence electrons. The molecule has 0 aliphatic heterocycles. The van der Waals surface area contributed by atoms with Crippen LogP contribution in [0, 0.1) is 0 Å². The van der Waals surface area contributed by atoms with Crippen LogP contribution in [0.2, 0.25) is 0 Å². The van der Waals surface area contributed by atoms with Gasteiger partial charge in [-0.2, -0.15) is 0 Å². The summed E-state index contributed by atoms with van der Waals surface area (Å²) < 4.78 is 24.0. The van der Waals surface area contributed by atoms with Crippen molar-refractivity contribution >= 4 is 15.7 Å². The van der Waals surface area contributed by atoms with Crippen molar-refractivity contribution in [2.45, 2.75) is 6.10 Å². The van der Waals surface area contributed by atoms with Crippen molar-refractivity contribution in [2.24, 2.45) is 0 Å². The Hall–Kier alpha value is -1.11. The van der Waals surface area contributed by atoms with Crippen LogP contribution >= 0.6 is 0 Å². The average Bonchev–Trinajstić information content (AvgIpc) is 2.15. The standard InChI is InChI=1S/C9H13NO4S/c1-15(13,14)10-8-4-2-7(3-5-8)9(12)6-11/h2-5,9-12H,6H2,1H3/t9-/m1/s1. The Bertz CT molecular complexity index is 412. The van der Waals surface area contributed by atoms with Crippen molar-refractivity contribution < 1.29 is 18.6 Å². The van der Waals surface area contributed by atoms with Crippen LogP contribution in [-0.4, -0.2) is 31.5 Å². The van der Waals surface area contributed by atoms with Crippen LogP contribution in [0.1, 0.15) is 11.7 Å². The molecular formula is C9H13NO4S. The highest BCUT2D eigenvalue weighted by molar-refractivity contribution is 7.92. The van der Waals surface area contributed by atoms with Crippen LogP contribution in [-0.2, 0) is 10.0 Å². The number of hydrogen-bond acceptors (Lipinski definition) is 4. The van der Waals surface area contributed by atoms with Crippen LogP contribution in [0.4, 0.5) is 5.69 Å². The van der Waals surface area contributed by atoms with Crippen molar-refractivity contribution in [1.29, 1.82) is 0 Å². The topological polar surface area (TPSA) is 86.6 Å². The van der Waals surface area contributed by atoms with Gasteiger partial charge >= 0.3 is 0 Å². The Balaban J connectivity index is 2.81. The third-order valence-corrected chi connectivity index (χ3v) is 2.38. The first-order valence-corrected chi connectivity index (χ1v) is 6.18. The second kappa shape index (κ2) is 4.61. The zero-order chi connectivity index (χ0) is 11.5. The molecular weight excluding hydrogens is 218 g/mol. The monoisotopic (exact) mass is 231 g/mol. The van der Waals surface area contributed by atoms with E-state index >= 15 is 0 Å². The third kappa shape index (κ3) is 3.86. The van der Waals surface area contributed by atoms with E-state index in [-0.39, 0.29) is 6.61 Å². The molecule has 0 aliphatic carbocycles. The number of nitrogens with one attached hydrogen (secondary N) is 1. The van der Waals surface area contributed by atoms with Crippen LogP contribution in [0.25, 0.3) is 0 Å². The van der Waals surface area contributed by atoms with Gasteiger partial charge in [0.05, 0.1) is 12.9 Å². The molecule has 15 heavy (non-hydrogen) atoms. The van der Waals surface area contributed by atoms with Gasteiger partial charge in [-0.25, -0.2) is 8.42 Å². The van der Waals surface area contributed by atoms with Gasteiger partial charge in [0, 0.05) is 5.69 Å². The van der Waals surface area contributed by atoms with Crippen LogP contribution in [0.15, 0.2) is 24.3 Å². The van der Waals surface area contributed by atoms with Gasteiger partial charge in [-0.15, -0.1) is 0 Å². The molecule has 0 spiro atoms. The fraction of sp³-hybridized carbons (Fsp3) is 0.333. The minimum atomic E-state index is -3.28. The minimum Gasteiger partial charge on any atom is -0.393 e. The van der Waals surface area contributed by atoms with Gasteiger partial charge in [0.25, 0.3) is 0 Å². The van der Waals surface area contributed by atoms with Gasteiger partial charge in [0.1, 0.15) is 6.10 Å². The highest BCUT2D eigenvalue weighted by Gasteiger charge is 2.06. The summed E-state index contributed by atoms with van der Waals surface area (Å²) in [5, 5.41) is 17.9. The predicted octanol–water partition coefficient (Wildman–Crippen LogP) is 0.0838. The zero-order valence-corrected chi connectivity index (χ0v) is 9.03. The Morgan fingerprint density at radius 2 is 1.87 bits per heavy atom. The van der Waals surface area contributed by atoms with E-state index in [1.807, 2.05) is 0 Å². The van der Waals surface area contributed by atoms with E-state index in [0.29, 0.717) is 11.3 Å². The van der Waals surface area contributed by atoms with E-state index in [1.165, 1.54) is 12.1 Å². The summed E-state index contributed by atoms with van der Waals surface area (Å²) in [4.78, 5) is 0. The highest BCUT2D eigenvalue weighted by atomic mass is 32.2. The summed E-state index contributed by atoms with van der Waals surface area (Å²) in [6.45, 7) is -0.362. The number of anilines is 1. The normalized spacial score (nSPS) is 13.5. The Morgan fingerprint density at radius 3 is 2.27 bits per heavy atom. The summed E-state index contributed by atoms with van der Waals surface area (Å²) in [5.41, 5.74) is 0.961. The first-order chi connectivity index (χ1) is 6.92. The number of benzene rings is 1. The molecule has 1 aromatic rings. The fourth-order valence-corrected chi connectivity index (χ4v) is 1.66. The molecule has 1 rings (SSSR count). The maximum absolute atomic E-state index is 10.9. The van der Waals surface area contributed by atoms with E-state index < -0.39 is 16.1 Å². The van der Waals surface area contributed by atoms with Crippen LogP contribution < -0.4 is 4.72 Å². The highest BCUT2D eigenvalue weighted by Crippen LogP contribution is 2.16. The molecule has 3 N–H and O–H groups in total. The molecule has 0 amide bonds. The lowest BCUT2D eigenvalue weighted by atomic mass is 10.1. The molecule has 0 aromatic heterocycles. The number of sulfonamides is 1. The molecule has 0 unspecified atom stereocenters. The van der Waals surface area contributed by atoms with Crippen LogP contribution in [0.5, 0.6) is 0 Å². The van der Waals surface area contributed by atoms with E-state index in [0.717, 1.165) is 6.26 Å². The minimum absolute atomic E-state index is 0.362. The molecule has 5 nitrogen and oxygen atoms in total. The second-order valence-corrected chi connectivity index (χ2v) is 4.94. The Labute approximate surface area is 88.4 Å². The van der Waals surface area contributed by atoms with Crippen molar-refractivity contribution in [3.63, 3.8) is 0 Å². The summed E-state index contributed by atoms with van der Waals surface area (Å²) in [6, 6.07) is 6.15. The lowest BCUT2D eigenvalue weighted by molar-refractivity contribution is 0.0956. The summed E-state index contributed by atoms with van der Waals surface area (Å²) in [5.74, 6) is 0. The number of hydrogen-bond donors (Lipinski definition) is 3. The fourth-order valence-electron chi connectivity index (χ4n) is 1.09. The molecule has 0 heterocycles. The number of aliphatic hydroxyl groups excluding tert-OH is 2. The lowest BCUT2D eigenvalue weighted by Gasteiger charge is -2.08. The van der Waals surface area contributed by atoms with Gasteiger partial charge in [-0.05, 0) is 17.7 Å². The van der Waals surface area contributed by atoms with Crippen molar-refractivity contribution in [2.75, 3.05) is 17.6 Å². The largest absolute Gasteiger partial charge is 0.393 e. The van der Waals surface area contributed by atoms with Crippen molar-refractivity contribution in [3.05, 3.63) is 29.8 Å². The molecule has 0 bridgehead atoms. The van der Waals surface area contributed by atoms with E-state index in [2.05, 4.69) is 4.72 Å². The molecule has 0 saturated carbocycles. The molecule has 0 saturated heterocycles. The van der Waals surface area contributed by atoms with Crippen molar-refractivity contribution in [3.8, 4) is 0 Å². The molecule has 1 aromatic carbocycles. The van der Waals surface area contributed by atoms with Gasteiger partial charge < -0.3 is 10.2 Å². The SMILES string of the molecule is CS(=O)(=O)Nc1ccc([C@H](O)CO)cc1. The van der Waals surface area contributed by atoms with Gasteiger partial charge in [0.15, 0.2) is 0 Å². The second-order valence-electron chi connectivity index (χ2n) is 3.19. The summed E-state index contributed by atoms with van der Waals surface area (Å²) >= 11 is 0. The van der Waals surface area contributed by atoms with E-state index in [9.17, 15) is 13.5 Å². The van der Waals surface area contributed by atoms with E-state index in [4.69, 9.17) is 5.11 Å². The van der Waals surface area contributed by atoms with Crippen molar-refractivity contribution in [1.82, 2.24) is 0 Å². The molecule has 1 atom stereocenters. The smallest absolute Gasteiger partial charge is 0.229 e.